The van der Waals surface area contributed by atoms with Crippen molar-refractivity contribution in [2.45, 2.75) is 39.7 Å². The highest BCUT2D eigenvalue weighted by molar-refractivity contribution is 5.95. The number of unbranched alkanes of at least 4 members (excludes halogenated alkanes) is 1. The first-order valence-electron chi connectivity index (χ1n) is 12.1. The zero-order valence-electron chi connectivity index (χ0n) is 20.3. The highest BCUT2D eigenvalue weighted by atomic mass is 16.5. The van der Waals surface area contributed by atoms with E-state index in [0.29, 0.717) is 24.8 Å². The standard InChI is InChI=1S/C29H33N3O2/c1-4-5-9-21(2)19-30-29(33)28-31-26-17-14-24(23-12-15-25(34-3)16-13-23)18-27(26)32(28)20-22-10-7-6-8-11-22/h6-8,10-18,21H,4-5,9,19-20H2,1-3H3,(H,30,33)/t21-/m0/s1. The SMILES string of the molecule is CCCC[C@H](C)CNC(=O)c1nc2ccc(-c3ccc(OC)cc3)cc2n1Cc1ccccc1. The number of rotatable bonds is 10. The molecule has 0 spiro atoms. The van der Waals surface area contributed by atoms with E-state index in [4.69, 9.17) is 9.72 Å². The highest BCUT2D eigenvalue weighted by Crippen LogP contribution is 2.27. The van der Waals surface area contributed by atoms with Crippen molar-refractivity contribution in [3.8, 4) is 16.9 Å². The average Bonchev–Trinajstić information content (AvgIpc) is 3.24. The topological polar surface area (TPSA) is 56.1 Å². The molecule has 34 heavy (non-hydrogen) atoms. The monoisotopic (exact) mass is 455 g/mol. The minimum Gasteiger partial charge on any atom is -0.497 e. The quantitative estimate of drug-likeness (QED) is 0.305. The maximum atomic E-state index is 13.2. The van der Waals surface area contributed by atoms with Gasteiger partial charge in [-0.1, -0.05) is 75.2 Å². The summed E-state index contributed by atoms with van der Waals surface area (Å²) in [5.41, 5.74) is 5.05. The van der Waals surface area contributed by atoms with Gasteiger partial charge < -0.3 is 14.6 Å². The molecule has 5 nitrogen and oxygen atoms in total. The molecule has 176 valence electrons. The van der Waals surface area contributed by atoms with Gasteiger partial charge in [-0.3, -0.25) is 4.79 Å². The van der Waals surface area contributed by atoms with Crippen LogP contribution >= 0.6 is 0 Å². The van der Waals surface area contributed by atoms with Gasteiger partial charge in [-0.05, 0) is 53.3 Å². The average molecular weight is 456 g/mol. The molecule has 0 aliphatic rings. The van der Waals surface area contributed by atoms with Gasteiger partial charge in [0.25, 0.3) is 5.91 Å². The molecule has 3 aromatic carbocycles. The predicted octanol–water partition coefficient (Wildman–Crippen LogP) is 6.32. The number of benzene rings is 3. The van der Waals surface area contributed by atoms with E-state index in [1.807, 2.05) is 53.1 Å². The lowest BCUT2D eigenvalue weighted by Crippen LogP contribution is -2.30. The van der Waals surface area contributed by atoms with Gasteiger partial charge >= 0.3 is 0 Å². The second kappa shape index (κ2) is 11.0. The molecular formula is C29H33N3O2. The van der Waals surface area contributed by atoms with Crippen LogP contribution in [0.4, 0.5) is 0 Å². The van der Waals surface area contributed by atoms with Crippen LogP contribution in [0.3, 0.4) is 0 Å². The summed E-state index contributed by atoms with van der Waals surface area (Å²) >= 11 is 0. The fraction of sp³-hybridized carbons (Fsp3) is 0.310. The molecule has 0 saturated carbocycles. The Kier molecular flexibility index (Phi) is 7.63. The van der Waals surface area contributed by atoms with Crippen LogP contribution in [0.2, 0.25) is 0 Å². The van der Waals surface area contributed by atoms with Crippen LogP contribution in [0, 0.1) is 5.92 Å². The van der Waals surface area contributed by atoms with E-state index in [1.165, 1.54) is 12.8 Å². The number of nitrogens with one attached hydrogen (secondary N) is 1. The Hall–Kier alpha value is -3.60. The molecule has 4 aromatic rings. The smallest absolute Gasteiger partial charge is 0.287 e. The van der Waals surface area contributed by atoms with Crippen molar-refractivity contribution in [3.05, 3.63) is 84.2 Å². The number of hydrogen-bond donors (Lipinski definition) is 1. The van der Waals surface area contributed by atoms with E-state index in [2.05, 4.69) is 43.4 Å². The van der Waals surface area contributed by atoms with Crippen LogP contribution in [0.15, 0.2) is 72.8 Å². The van der Waals surface area contributed by atoms with Gasteiger partial charge in [0.2, 0.25) is 0 Å². The molecule has 1 heterocycles. The molecule has 1 amide bonds. The third-order valence-electron chi connectivity index (χ3n) is 6.22. The number of carbonyl (C=O) groups is 1. The maximum absolute atomic E-state index is 13.2. The molecule has 0 bridgehead atoms. The molecule has 1 aromatic heterocycles. The van der Waals surface area contributed by atoms with Gasteiger partial charge in [0.1, 0.15) is 5.75 Å². The third kappa shape index (κ3) is 5.48. The van der Waals surface area contributed by atoms with Crippen LogP contribution in [-0.2, 0) is 6.54 Å². The summed E-state index contributed by atoms with van der Waals surface area (Å²) in [5.74, 6) is 1.60. The molecule has 0 saturated heterocycles. The van der Waals surface area contributed by atoms with Crippen LogP contribution in [0.5, 0.6) is 5.75 Å². The Morgan fingerprint density at radius 1 is 1.03 bits per heavy atom. The first kappa shape index (κ1) is 23.6. The second-order valence-corrected chi connectivity index (χ2v) is 8.90. The predicted molar refractivity (Wildman–Crippen MR) is 138 cm³/mol. The number of carbonyl (C=O) groups excluding carboxylic acids is 1. The number of aromatic nitrogens is 2. The first-order chi connectivity index (χ1) is 16.6. The molecule has 1 atom stereocenters. The highest BCUT2D eigenvalue weighted by Gasteiger charge is 2.19. The summed E-state index contributed by atoms with van der Waals surface area (Å²) in [5, 5.41) is 3.12. The summed E-state index contributed by atoms with van der Waals surface area (Å²) in [4.78, 5) is 18.0. The van der Waals surface area contributed by atoms with Gasteiger partial charge in [0.05, 0.1) is 18.1 Å². The number of nitrogens with zero attached hydrogens (tertiary/aromatic N) is 2. The van der Waals surface area contributed by atoms with Crippen LogP contribution in [0.1, 0.15) is 49.3 Å². The molecule has 0 fully saturated rings. The molecule has 0 aliphatic carbocycles. The lowest BCUT2D eigenvalue weighted by Gasteiger charge is -2.13. The van der Waals surface area contributed by atoms with E-state index in [-0.39, 0.29) is 5.91 Å². The Bertz CT molecular complexity index is 1230. The van der Waals surface area contributed by atoms with Crippen LogP contribution in [0.25, 0.3) is 22.2 Å². The molecule has 0 aliphatic heterocycles. The molecule has 1 N–H and O–H groups in total. The molecular weight excluding hydrogens is 422 g/mol. The summed E-state index contributed by atoms with van der Waals surface area (Å²) in [6.07, 6.45) is 3.46. The summed E-state index contributed by atoms with van der Waals surface area (Å²) < 4.78 is 7.32. The van der Waals surface area contributed by atoms with Crippen molar-refractivity contribution in [2.24, 2.45) is 5.92 Å². The Labute approximate surface area is 201 Å². The van der Waals surface area contributed by atoms with Crippen molar-refractivity contribution in [1.29, 1.82) is 0 Å². The summed E-state index contributed by atoms with van der Waals surface area (Å²) in [6, 6.07) is 24.4. The van der Waals surface area contributed by atoms with Gasteiger partial charge in [-0.25, -0.2) is 4.98 Å². The third-order valence-corrected chi connectivity index (χ3v) is 6.22. The molecule has 0 radical (unpaired) electrons. The number of fused-ring (bicyclic) bond motifs is 1. The van der Waals surface area contributed by atoms with Crippen molar-refractivity contribution in [3.63, 3.8) is 0 Å². The van der Waals surface area contributed by atoms with Gasteiger partial charge in [0, 0.05) is 13.1 Å². The van der Waals surface area contributed by atoms with Crippen molar-refractivity contribution in [1.82, 2.24) is 14.9 Å². The normalized spacial score (nSPS) is 12.0. The Morgan fingerprint density at radius 2 is 1.76 bits per heavy atom. The minimum absolute atomic E-state index is 0.124. The van der Waals surface area contributed by atoms with E-state index in [1.54, 1.807) is 7.11 Å². The van der Waals surface area contributed by atoms with Gasteiger partial charge in [0.15, 0.2) is 5.82 Å². The zero-order chi connectivity index (χ0) is 23.9. The van der Waals surface area contributed by atoms with Crippen LogP contribution in [-0.4, -0.2) is 29.1 Å². The van der Waals surface area contributed by atoms with Crippen molar-refractivity contribution in [2.75, 3.05) is 13.7 Å². The lowest BCUT2D eigenvalue weighted by atomic mass is 10.0. The number of methoxy groups -OCH3 is 1. The number of ether oxygens (including phenoxy) is 1. The van der Waals surface area contributed by atoms with E-state index < -0.39 is 0 Å². The Morgan fingerprint density at radius 3 is 2.47 bits per heavy atom. The molecule has 0 unspecified atom stereocenters. The number of hydrogen-bond acceptors (Lipinski definition) is 3. The number of amides is 1. The fourth-order valence-electron chi connectivity index (χ4n) is 4.19. The van der Waals surface area contributed by atoms with Gasteiger partial charge in [-0.2, -0.15) is 0 Å². The largest absolute Gasteiger partial charge is 0.497 e. The minimum atomic E-state index is -0.124. The summed E-state index contributed by atoms with van der Waals surface area (Å²) in [7, 11) is 1.67. The maximum Gasteiger partial charge on any atom is 0.287 e. The second-order valence-electron chi connectivity index (χ2n) is 8.90. The van der Waals surface area contributed by atoms with Gasteiger partial charge in [-0.15, -0.1) is 0 Å². The van der Waals surface area contributed by atoms with E-state index in [9.17, 15) is 4.79 Å². The Balaban J connectivity index is 1.69. The summed E-state index contributed by atoms with van der Waals surface area (Å²) in [6.45, 7) is 5.61. The van der Waals surface area contributed by atoms with Crippen molar-refractivity contribution < 1.29 is 9.53 Å². The molecule has 5 heteroatoms. The number of imidazole rings is 1. The van der Waals surface area contributed by atoms with E-state index >= 15 is 0 Å². The van der Waals surface area contributed by atoms with E-state index in [0.717, 1.165) is 39.9 Å². The lowest BCUT2D eigenvalue weighted by molar-refractivity contribution is 0.0933. The first-order valence-corrected chi connectivity index (χ1v) is 12.1. The fourth-order valence-corrected chi connectivity index (χ4v) is 4.19. The zero-order valence-corrected chi connectivity index (χ0v) is 20.3. The molecule has 4 rings (SSSR count). The van der Waals surface area contributed by atoms with Crippen LogP contribution < -0.4 is 10.1 Å². The van der Waals surface area contributed by atoms with Crippen molar-refractivity contribution >= 4 is 16.9 Å².